The van der Waals surface area contributed by atoms with E-state index in [4.69, 9.17) is 9.15 Å². The summed E-state index contributed by atoms with van der Waals surface area (Å²) < 4.78 is 10.8. The predicted octanol–water partition coefficient (Wildman–Crippen LogP) is 3.33. The van der Waals surface area contributed by atoms with Crippen LogP contribution in [0, 0.1) is 0 Å². The molecular formula is C13H12BrNO3. The highest BCUT2D eigenvalue weighted by Gasteiger charge is 2.16. The number of nitrogens with zero attached hydrogens (tertiary/aromatic N) is 1. The molecule has 18 heavy (non-hydrogen) atoms. The smallest absolute Gasteiger partial charge is 0.293 e. The molecule has 0 aliphatic heterocycles. The van der Waals surface area contributed by atoms with Crippen LogP contribution in [0.3, 0.4) is 0 Å². The molecule has 5 heteroatoms. The summed E-state index contributed by atoms with van der Waals surface area (Å²) >= 11 is 3.17. The van der Waals surface area contributed by atoms with Crippen molar-refractivity contribution in [3.05, 3.63) is 46.8 Å². The van der Waals surface area contributed by atoms with E-state index in [-0.39, 0.29) is 5.91 Å². The third-order valence-corrected chi connectivity index (χ3v) is 2.97. The van der Waals surface area contributed by atoms with Crippen molar-refractivity contribution in [1.29, 1.82) is 0 Å². The van der Waals surface area contributed by atoms with Gasteiger partial charge in [-0.2, -0.15) is 0 Å². The largest absolute Gasteiger partial charge is 0.497 e. The van der Waals surface area contributed by atoms with Gasteiger partial charge >= 0.3 is 0 Å². The van der Waals surface area contributed by atoms with Gasteiger partial charge in [0.25, 0.3) is 5.91 Å². The molecule has 0 aliphatic carbocycles. The van der Waals surface area contributed by atoms with Crippen LogP contribution in [0.2, 0.25) is 0 Å². The van der Waals surface area contributed by atoms with Gasteiger partial charge in [-0.3, -0.25) is 4.79 Å². The van der Waals surface area contributed by atoms with Crippen LogP contribution in [0.1, 0.15) is 10.6 Å². The molecule has 0 spiro atoms. The summed E-state index contributed by atoms with van der Waals surface area (Å²) in [5, 5.41) is 0. The van der Waals surface area contributed by atoms with E-state index >= 15 is 0 Å². The van der Waals surface area contributed by atoms with Gasteiger partial charge in [0.05, 0.1) is 7.11 Å². The maximum Gasteiger partial charge on any atom is 0.293 e. The zero-order valence-corrected chi connectivity index (χ0v) is 11.6. The second-order valence-electron chi connectivity index (χ2n) is 3.67. The number of amides is 1. The number of furan rings is 1. The van der Waals surface area contributed by atoms with Crippen LogP contribution >= 0.6 is 15.9 Å². The van der Waals surface area contributed by atoms with Crippen molar-refractivity contribution in [2.75, 3.05) is 19.1 Å². The van der Waals surface area contributed by atoms with E-state index in [9.17, 15) is 4.79 Å². The minimum atomic E-state index is -0.203. The van der Waals surface area contributed by atoms with Crippen LogP contribution in [0.15, 0.2) is 45.5 Å². The molecule has 0 radical (unpaired) electrons. The summed E-state index contributed by atoms with van der Waals surface area (Å²) in [6.07, 6.45) is 0. The number of hydrogen-bond acceptors (Lipinski definition) is 3. The lowest BCUT2D eigenvalue weighted by Crippen LogP contribution is -2.25. The normalized spacial score (nSPS) is 10.2. The molecule has 1 amide bonds. The summed E-state index contributed by atoms with van der Waals surface area (Å²) in [4.78, 5) is 13.6. The Morgan fingerprint density at radius 2 is 1.89 bits per heavy atom. The number of hydrogen-bond donors (Lipinski definition) is 0. The van der Waals surface area contributed by atoms with Crippen molar-refractivity contribution in [3.8, 4) is 5.75 Å². The molecule has 0 saturated carbocycles. The molecule has 0 bridgehead atoms. The summed E-state index contributed by atoms with van der Waals surface area (Å²) in [5.74, 6) is 0.839. The third-order valence-electron chi connectivity index (χ3n) is 2.55. The Labute approximate surface area is 113 Å². The Hall–Kier alpha value is -1.75. The zero-order valence-electron chi connectivity index (χ0n) is 10.0. The van der Waals surface area contributed by atoms with Crippen LogP contribution in [-0.4, -0.2) is 20.1 Å². The van der Waals surface area contributed by atoms with E-state index < -0.39 is 0 Å². The van der Waals surface area contributed by atoms with Gasteiger partial charge < -0.3 is 14.1 Å². The molecule has 4 nitrogen and oxygen atoms in total. The predicted molar refractivity (Wildman–Crippen MR) is 72.1 cm³/mol. The molecule has 2 rings (SSSR count). The molecule has 1 aromatic heterocycles. The highest BCUT2D eigenvalue weighted by atomic mass is 79.9. The van der Waals surface area contributed by atoms with Gasteiger partial charge in [-0.05, 0) is 52.3 Å². The fourth-order valence-electron chi connectivity index (χ4n) is 1.52. The Balaban J connectivity index is 2.19. The van der Waals surface area contributed by atoms with Crippen molar-refractivity contribution >= 4 is 27.5 Å². The minimum absolute atomic E-state index is 0.203. The second kappa shape index (κ2) is 5.27. The van der Waals surface area contributed by atoms with Gasteiger partial charge in [0.1, 0.15) is 5.75 Å². The molecule has 94 valence electrons. The van der Waals surface area contributed by atoms with Crippen LogP contribution < -0.4 is 9.64 Å². The topological polar surface area (TPSA) is 42.7 Å². The van der Waals surface area contributed by atoms with Crippen molar-refractivity contribution in [2.24, 2.45) is 0 Å². The molecule has 1 heterocycles. The molecule has 0 unspecified atom stereocenters. The van der Waals surface area contributed by atoms with E-state index in [1.807, 2.05) is 12.1 Å². The quantitative estimate of drug-likeness (QED) is 0.873. The first-order valence-electron chi connectivity index (χ1n) is 5.29. The number of halogens is 1. The van der Waals surface area contributed by atoms with Gasteiger partial charge in [0, 0.05) is 12.7 Å². The standard InChI is InChI=1S/C13H12BrNO3/c1-15(9-3-5-10(17-2)6-4-9)13(16)11-7-8-12(14)18-11/h3-8H,1-2H3. The monoisotopic (exact) mass is 309 g/mol. The number of anilines is 1. The van der Waals surface area contributed by atoms with Crippen molar-refractivity contribution in [3.63, 3.8) is 0 Å². The Kier molecular flexibility index (Phi) is 3.72. The molecule has 0 fully saturated rings. The van der Waals surface area contributed by atoms with E-state index in [1.165, 1.54) is 4.90 Å². The zero-order chi connectivity index (χ0) is 13.1. The maximum absolute atomic E-state index is 12.1. The van der Waals surface area contributed by atoms with Gasteiger partial charge in [-0.25, -0.2) is 0 Å². The number of methoxy groups -OCH3 is 1. The molecule has 0 atom stereocenters. The Morgan fingerprint density at radius 1 is 1.22 bits per heavy atom. The Morgan fingerprint density at radius 3 is 2.39 bits per heavy atom. The van der Waals surface area contributed by atoms with E-state index in [2.05, 4.69) is 15.9 Å². The fraction of sp³-hybridized carbons (Fsp3) is 0.154. The average molecular weight is 310 g/mol. The lowest BCUT2D eigenvalue weighted by atomic mass is 10.2. The molecule has 0 aliphatic rings. The van der Waals surface area contributed by atoms with Crippen molar-refractivity contribution in [1.82, 2.24) is 0 Å². The molecule has 1 aromatic carbocycles. The van der Waals surface area contributed by atoms with Crippen molar-refractivity contribution in [2.45, 2.75) is 0 Å². The number of carbonyl (C=O) groups excluding carboxylic acids is 1. The van der Waals surface area contributed by atoms with Gasteiger partial charge in [0.15, 0.2) is 10.4 Å². The summed E-state index contributed by atoms with van der Waals surface area (Å²) in [6, 6.07) is 10.6. The average Bonchev–Trinajstić information content (AvgIpc) is 2.84. The molecule has 2 aromatic rings. The second-order valence-corrected chi connectivity index (χ2v) is 4.45. The number of ether oxygens (including phenoxy) is 1. The minimum Gasteiger partial charge on any atom is -0.497 e. The lowest BCUT2D eigenvalue weighted by Gasteiger charge is -2.16. The fourth-order valence-corrected chi connectivity index (χ4v) is 1.82. The third kappa shape index (κ3) is 2.56. The molecule has 0 saturated heterocycles. The van der Waals surface area contributed by atoms with Gasteiger partial charge in [0.2, 0.25) is 0 Å². The number of benzene rings is 1. The lowest BCUT2D eigenvalue weighted by molar-refractivity contribution is 0.0965. The summed E-state index contributed by atoms with van der Waals surface area (Å²) in [7, 11) is 3.30. The van der Waals surface area contributed by atoms with Gasteiger partial charge in [-0.15, -0.1) is 0 Å². The van der Waals surface area contributed by atoms with E-state index in [1.54, 1.807) is 38.4 Å². The van der Waals surface area contributed by atoms with Gasteiger partial charge in [-0.1, -0.05) is 0 Å². The SMILES string of the molecule is COc1ccc(N(C)C(=O)c2ccc(Br)o2)cc1. The highest BCUT2D eigenvalue weighted by molar-refractivity contribution is 9.10. The first-order chi connectivity index (χ1) is 8.61. The highest BCUT2D eigenvalue weighted by Crippen LogP contribution is 2.21. The number of carbonyl (C=O) groups is 1. The number of rotatable bonds is 3. The maximum atomic E-state index is 12.1. The van der Waals surface area contributed by atoms with Crippen LogP contribution in [-0.2, 0) is 0 Å². The Bertz CT molecular complexity index is 548. The van der Waals surface area contributed by atoms with E-state index in [0.29, 0.717) is 10.4 Å². The molecular weight excluding hydrogens is 298 g/mol. The first-order valence-corrected chi connectivity index (χ1v) is 6.08. The van der Waals surface area contributed by atoms with Crippen LogP contribution in [0.5, 0.6) is 5.75 Å². The van der Waals surface area contributed by atoms with Crippen molar-refractivity contribution < 1.29 is 13.9 Å². The van der Waals surface area contributed by atoms with Crippen LogP contribution in [0.4, 0.5) is 5.69 Å². The van der Waals surface area contributed by atoms with Crippen LogP contribution in [0.25, 0.3) is 0 Å². The van der Waals surface area contributed by atoms with E-state index in [0.717, 1.165) is 11.4 Å². The molecule has 0 N–H and O–H groups in total. The first kappa shape index (κ1) is 12.7. The summed E-state index contributed by atoms with van der Waals surface area (Å²) in [5.41, 5.74) is 0.772. The summed E-state index contributed by atoms with van der Waals surface area (Å²) in [6.45, 7) is 0.